The van der Waals surface area contributed by atoms with Crippen LogP contribution in [0.5, 0.6) is 0 Å². The number of carbonyl (C=O) groups is 2. The molecule has 0 heterocycles. The van der Waals surface area contributed by atoms with Crippen molar-refractivity contribution in [2.75, 3.05) is 0 Å². The number of allylic oxidation sites excluding steroid dienone is 2. The van der Waals surface area contributed by atoms with E-state index in [2.05, 4.69) is 0 Å². The molecule has 0 aromatic heterocycles. The van der Waals surface area contributed by atoms with Gasteiger partial charge >= 0.3 is 11.9 Å². The zero-order valence-corrected chi connectivity index (χ0v) is 13.9. The third-order valence-electron chi connectivity index (χ3n) is 5.23. The molecule has 25 heavy (non-hydrogen) atoms. The molecule has 0 saturated carbocycles. The molecule has 128 valence electrons. The molecule has 2 aromatic rings. The van der Waals surface area contributed by atoms with Gasteiger partial charge in [0.2, 0.25) is 0 Å². The topological polar surface area (TPSA) is 74.6 Å². The number of carboxylic acid groups (broad SMARTS) is 2. The van der Waals surface area contributed by atoms with Gasteiger partial charge in [0.15, 0.2) is 0 Å². The van der Waals surface area contributed by atoms with Crippen molar-refractivity contribution in [3.8, 4) is 0 Å². The van der Waals surface area contributed by atoms with E-state index in [1.165, 1.54) is 0 Å². The zero-order valence-electron chi connectivity index (χ0n) is 13.9. The predicted octanol–water partition coefficient (Wildman–Crippen LogP) is 3.92. The second kappa shape index (κ2) is 6.55. The predicted molar refractivity (Wildman–Crippen MR) is 94.4 cm³/mol. The van der Waals surface area contributed by atoms with Gasteiger partial charge in [-0.25, -0.2) is 0 Å². The lowest BCUT2D eigenvalue weighted by atomic mass is 9.57. The fraction of sp³-hybridized carbons (Fsp3) is 0.238. The van der Waals surface area contributed by atoms with Crippen LogP contribution in [0.3, 0.4) is 0 Å². The van der Waals surface area contributed by atoms with Crippen molar-refractivity contribution in [1.29, 1.82) is 0 Å². The number of hydrogen-bond acceptors (Lipinski definition) is 2. The van der Waals surface area contributed by atoms with Gasteiger partial charge in [-0.2, -0.15) is 0 Å². The van der Waals surface area contributed by atoms with Crippen molar-refractivity contribution in [2.24, 2.45) is 11.3 Å². The van der Waals surface area contributed by atoms with E-state index < -0.39 is 35.1 Å². The van der Waals surface area contributed by atoms with E-state index in [4.69, 9.17) is 0 Å². The van der Waals surface area contributed by atoms with Crippen molar-refractivity contribution in [2.45, 2.75) is 18.8 Å². The Morgan fingerprint density at radius 3 is 1.84 bits per heavy atom. The standard InChI is InChI=1S/C21H20O4/c1-21(20(24)25)17(15-10-6-3-7-11-15)13-12-16(18(21)19(22)23)14-8-4-2-5-9-14/h2-13,16-18H,1H3,(H,22,23)(H,24,25)/t16-,17+,18-,21-/m1/s1. The lowest BCUT2D eigenvalue weighted by molar-refractivity contribution is -0.163. The smallest absolute Gasteiger partial charge is 0.311 e. The van der Waals surface area contributed by atoms with Crippen LogP contribution in [0.15, 0.2) is 72.8 Å². The largest absolute Gasteiger partial charge is 0.481 e. The minimum atomic E-state index is -1.46. The molecule has 0 radical (unpaired) electrons. The molecule has 0 amide bonds. The average Bonchev–Trinajstić information content (AvgIpc) is 2.62. The molecule has 1 aliphatic rings. The first-order valence-electron chi connectivity index (χ1n) is 8.20. The fourth-order valence-electron chi connectivity index (χ4n) is 3.88. The van der Waals surface area contributed by atoms with Crippen molar-refractivity contribution in [3.63, 3.8) is 0 Å². The average molecular weight is 336 g/mol. The number of benzene rings is 2. The Morgan fingerprint density at radius 2 is 1.36 bits per heavy atom. The minimum absolute atomic E-state index is 0.486. The first kappa shape index (κ1) is 17.0. The van der Waals surface area contributed by atoms with Gasteiger partial charge in [-0.1, -0.05) is 72.8 Å². The van der Waals surface area contributed by atoms with Crippen molar-refractivity contribution in [1.82, 2.24) is 0 Å². The second-order valence-electron chi connectivity index (χ2n) is 6.61. The Balaban J connectivity index is 2.18. The summed E-state index contributed by atoms with van der Waals surface area (Å²) in [5, 5.41) is 19.9. The van der Waals surface area contributed by atoms with Crippen molar-refractivity contribution < 1.29 is 19.8 Å². The Kier molecular flexibility index (Phi) is 4.45. The lowest BCUT2D eigenvalue weighted by Gasteiger charge is -2.43. The molecule has 0 aliphatic heterocycles. The fourth-order valence-corrected chi connectivity index (χ4v) is 3.88. The first-order chi connectivity index (χ1) is 12.0. The molecule has 0 spiro atoms. The van der Waals surface area contributed by atoms with Gasteiger partial charge in [0.25, 0.3) is 0 Å². The summed E-state index contributed by atoms with van der Waals surface area (Å²) in [6, 6.07) is 18.4. The summed E-state index contributed by atoms with van der Waals surface area (Å²) in [6.07, 6.45) is 3.69. The SMILES string of the molecule is C[C@@]1(C(=O)O)[C@H](c2ccccc2)C=C[C@H](c2ccccc2)[C@@H]1C(=O)O. The maximum Gasteiger partial charge on any atom is 0.311 e. The molecular weight excluding hydrogens is 316 g/mol. The summed E-state index contributed by atoms with van der Waals surface area (Å²) in [6.45, 7) is 1.55. The molecule has 3 rings (SSSR count). The van der Waals surface area contributed by atoms with Crippen molar-refractivity contribution >= 4 is 11.9 Å². The third-order valence-corrected chi connectivity index (χ3v) is 5.23. The maximum atomic E-state index is 12.3. The molecular formula is C21H20O4. The summed E-state index contributed by atoms with van der Waals surface area (Å²) < 4.78 is 0. The van der Waals surface area contributed by atoms with Crippen LogP contribution in [0, 0.1) is 11.3 Å². The monoisotopic (exact) mass is 336 g/mol. The normalized spacial score (nSPS) is 28.4. The van der Waals surface area contributed by atoms with Crippen LogP contribution < -0.4 is 0 Å². The van der Waals surface area contributed by atoms with Gasteiger partial charge in [-0.3, -0.25) is 9.59 Å². The van der Waals surface area contributed by atoms with Crippen LogP contribution in [-0.2, 0) is 9.59 Å². The van der Waals surface area contributed by atoms with E-state index in [1.807, 2.05) is 72.8 Å². The number of hydrogen-bond donors (Lipinski definition) is 2. The molecule has 4 atom stereocenters. The first-order valence-corrected chi connectivity index (χ1v) is 8.20. The number of rotatable bonds is 4. The molecule has 0 bridgehead atoms. The van der Waals surface area contributed by atoms with E-state index in [0.717, 1.165) is 11.1 Å². The van der Waals surface area contributed by atoms with E-state index in [-0.39, 0.29) is 0 Å². The zero-order chi connectivity index (χ0) is 18.0. The Labute approximate surface area is 146 Å². The Morgan fingerprint density at radius 1 is 0.840 bits per heavy atom. The van der Waals surface area contributed by atoms with Gasteiger partial charge < -0.3 is 10.2 Å². The molecule has 2 N–H and O–H groups in total. The Bertz CT molecular complexity index is 797. The molecule has 0 fully saturated rings. The summed E-state index contributed by atoms with van der Waals surface area (Å²) in [4.78, 5) is 24.4. The van der Waals surface area contributed by atoms with Gasteiger partial charge in [0, 0.05) is 11.8 Å². The van der Waals surface area contributed by atoms with E-state index >= 15 is 0 Å². The highest BCUT2D eigenvalue weighted by atomic mass is 16.4. The highest BCUT2D eigenvalue weighted by molar-refractivity contribution is 5.86. The van der Waals surface area contributed by atoms with Crippen LogP contribution in [0.4, 0.5) is 0 Å². The molecule has 2 aromatic carbocycles. The summed E-state index contributed by atoms with van der Waals surface area (Å²) in [5.41, 5.74) is 0.161. The summed E-state index contributed by atoms with van der Waals surface area (Å²) in [7, 11) is 0. The van der Waals surface area contributed by atoms with E-state index in [9.17, 15) is 19.8 Å². The highest BCUT2D eigenvalue weighted by Gasteiger charge is 2.55. The lowest BCUT2D eigenvalue weighted by Crippen LogP contribution is -2.48. The molecule has 0 saturated heterocycles. The van der Waals surface area contributed by atoms with Crippen LogP contribution in [-0.4, -0.2) is 22.2 Å². The van der Waals surface area contributed by atoms with Gasteiger partial charge in [0.1, 0.15) is 0 Å². The van der Waals surface area contributed by atoms with Gasteiger partial charge in [-0.05, 0) is 18.1 Å². The molecule has 1 aliphatic carbocycles. The van der Waals surface area contributed by atoms with Crippen LogP contribution >= 0.6 is 0 Å². The van der Waals surface area contributed by atoms with Gasteiger partial charge in [0.05, 0.1) is 11.3 Å². The minimum Gasteiger partial charge on any atom is -0.481 e. The van der Waals surface area contributed by atoms with Crippen molar-refractivity contribution in [3.05, 3.63) is 83.9 Å². The number of carboxylic acids is 2. The van der Waals surface area contributed by atoms with E-state index in [1.54, 1.807) is 6.92 Å². The second-order valence-corrected chi connectivity index (χ2v) is 6.61. The third kappa shape index (κ3) is 2.84. The molecule has 4 nitrogen and oxygen atoms in total. The highest BCUT2D eigenvalue weighted by Crippen LogP contribution is 2.52. The number of aliphatic carboxylic acids is 2. The summed E-state index contributed by atoms with van der Waals surface area (Å²) in [5.74, 6) is -4.25. The molecule has 0 unspecified atom stereocenters. The van der Waals surface area contributed by atoms with Crippen LogP contribution in [0.2, 0.25) is 0 Å². The summed E-state index contributed by atoms with van der Waals surface area (Å²) >= 11 is 0. The van der Waals surface area contributed by atoms with E-state index in [0.29, 0.717) is 0 Å². The van der Waals surface area contributed by atoms with Crippen LogP contribution in [0.1, 0.15) is 29.9 Å². The maximum absolute atomic E-state index is 12.3. The quantitative estimate of drug-likeness (QED) is 0.830. The van der Waals surface area contributed by atoms with Crippen LogP contribution in [0.25, 0.3) is 0 Å². The Hall–Kier alpha value is -2.88. The molecule has 4 heteroatoms. The van der Waals surface area contributed by atoms with Gasteiger partial charge in [-0.15, -0.1) is 0 Å².